The number of rotatable bonds is 54. The fraction of sp³-hybridized carbons (Fsp3) is 0.794. The Morgan fingerprint density at radius 2 is 0.565 bits per heavy atom. The molecule has 0 radical (unpaired) electrons. The summed E-state index contributed by atoms with van der Waals surface area (Å²) < 4.78 is 16.9. The van der Waals surface area contributed by atoms with E-state index in [1.807, 2.05) is 0 Å². The van der Waals surface area contributed by atoms with E-state index in [0.29, 0.717) is 19.3 Å². The lowest BCUT2D eigenvalue weighted by Crippen LogP contribution is -2.30. The van der Waals surface area contributed by atoms with Gasteiger partial charge in [-0.25, -0.2) is 0 Å². The molecule has 0 fully saturated rings. The topological polar surface area (TPSA) is 78.9 Å². The van der Waals surface area contributed by atoms with Gasteiger partial charge in [0.05, 0.1) is 0 Å². The Hall–Kier alpha value is -2.89. The first-order valence-corrected chi connectivity index (χ1v) is 29.8. The van der Waals surface area contributed by atoms with Crippen molar-refractivity contribution >= 4 is 17.9 Å². The van der Waals surface area contributed by atoms with Crippen LogP contribution in [0, 0.1) is 0 Å². The second-order valence-corrected chi connectivity index (χ2v) is 19.9. The van der Waals surface area contributed by atoms with Gasteiger partial charge in [-0.15, -0.1) is 0 Å². The predicted molar refractivity (Wildman–Crippen MR) is 298 cm³/mol. The molecule has 0 aromatic rings. The second kappa shape index (κ2) is 57.7. The molecule has 1 unspecified atom stereocenters. The van der Waals surface area contributed by atoms with E-state index in [9.17, 15) is 14.4 Å². The Kier molecular flexibility index (Phi) is 55.3. The van der Waals surface area contributed by atoms with Crippen LogP contribution in [-0.4, -0.2) is 37.2 Å². The highest BCUT2D eigenvalue weighted by molar-refractivity contribution is 5.71. The maximum atomic E-state index is 12.8. The maximum absolute atomic E-state index is 12.8. The third kappa shape index (κ3) is 55.9. The van der Waals surface area contributed by atoms with E-state index in [1.165, 1.54) is 167 Å². The van der Waals surface area contributed by atoms with Crippen molar-refractivity contribution in [3.8, 4) is 0 Å². The summed E-state index contributed by atoms with van der Waals surface area (Å²) in [6.07, 6.45) is 72.2. The van der Waals surface area contributed by atoms with Crippen molar-refractivity contribution in [2.75, 3.05) is 13.2 Å². The number of allylic oxidation sites excluding steroid dienone is 10. The lowest BCUT2D eigenvalue weighted by atomic mass is 10.0. The van der Waals surface area contributed by atoms with Gasteiger partial charge in [-0.05, 0) is 83.5 Å². The minimum absolute atomic E-state index is 0.0818. The van der Waals surface area contributed by atoms with E-state index < -0.39 is 6.10 Å². The number of carbonyl (C=O) groups is 3. The van der Waals surface area contributed by atoms with Crippen LogP contribution in [0.15, 0.2) is 60.8 Å². The highest BCUT2D eigenvalue weighted by Gasteiger charge is 2.19. The minimum atomic E-state index is -0.785. The van der Waals surface area contributed by atoms with Gasteiger partial charge in [-0.1, -0.05) is 261 Å². The fourth-order valence-corrected chi connectivity index (χ4v) is 8.55. The molecule has 0 heterocycles. The zero-order valence-corrected chi connectivity index (χ0v) is 45.8. The second-order valence-electron chi connectivity index (χ2n) is 19.9. The molecule has 0 saturated carbocycles. The van der Waals surface area contributed by atoms with Crippen LogP contribution in [0.2, 0.25) is 0 Å². The zero-order valence-electron chi connectivity index (χ0n) is 45.8. The Bertz CT molecular complexity index is 1250. The van der Waals surface area contributed by atoms with E-state index in [4.69, 9.17) is 14.2 Å². The van der Waals surface area contributed by atoms with Crippen LogP contribution >= 0.6 is 0 Å². The van der Waals surface area contributed by atoms with Crippen molar-refractivity contribution < 1.29 is 28.6 Å². The Morgan fingerprint density at radius 1 is 0.304 bits per heavy atom. The van der Waals surface area contributed by atoms with E-state index in [2.05, 4.69) is 81.5 Å². The highest BCUT2D eigenvalue weighted by Crippen LogP contribution is 2.16. The molecule has 0 rings (SSSR count). The molecule has 0 aromatic heterocycles. The van der Waals surface area contributed by atoms with Crippen LogP contribution in [-0.2, 0) is 28.6 Å². The molecule has 6 heteroatoms. The summed E-state index contributed by atoms with van der Waals surface area (Å²) in [7, 11) is 0. The van der Waals surface area contributed by atoms with Crippen LogP contribution in [0.25, 0.3) is 0 Å². The summed E-state index contributed by atoms with van der Waals surface area (Å²) in [5, 5.41) is 0. The van der Waals surface area contributed by atoms with E-state index in [1.54, 1.807) is 0 Å². The van der Waals surface area contributed by atoms with Crippen molar-refractivity contribution in [3.63, 3.8) is 0 Å². The van der Waals surface area contributed by atoms with Gasteiger partial charge in [-0.2, -0.15) is 0 Å². The average Bonchev–Trinajstić information content (AvgIpc) is 3.35. The van der Waals surface area contributed by atoms with Crippen LogP contribution in [0.3, 0.4) is 0 Å². The monoisotopic (exact) mass is 965 g/mol. The van der Waals surface area contributed by atoms with Crippen molar-refractivity contribution in [2.24, 2.45) is 0 Å². The van der Waals surface area contributed by atoms with Gasteiger partial charge in [0, 0.05) is 19.3 Å². The molecule has 0 amide bonds. The van der Waals surface area contributed by atoms with E-state index in [0.717, 1.165) is 96.3 Å². The number of unbranched alkanes of at least 4 members (excludes halogenated alkanes) is 33. The molecular weight excluding hydrogens is 853 g/mol. The van der Waals surface area contributed by atoms with Gasteiger partial charge in [0.1, 0.15) is 13.2 Å². The number of esters is 3. The molecular formula is C63H112O6. The third-order valence-corrected chi connectivity index (χ3v) is 13.0. The van der Waals surface area contributed by atoms with E-state index in [-0.39, 0.29) is 31.1 Å². The minimum Gasteiger partial charge on any atom is -0.462 e. The van der Waals surface area contributed by atoms with Gasteiger partial charge in [0.25, 0.3) is 0 Å². The quantitative estimate of drug-likeness (QED) is 0.0262. The standard InChI is InChI=1S/C63H112O6/c1-4-7-10-13-16-19-22-24-26-28-29-30-31-32-33-35-36-38-41-44-47-50-53-56-62(65)68-59-60(58-67-61(64)55-52-49-46-43-40-21-18-15-12-9-6-3)69-63(66)57-54-51-48-45-42-39-37-34-27-25-23-20-17-14-11-8-5-2/h8,11,17,20,25,27-29,37,39,60H,4-7,9-10,12-16,18-19,21-24,26,30-36,38,40-59H2,1-3H3/b11-8-,20-17-,27-25-,29-28-,39-37-. The summed E-state index contributed by atoms with van der Waals surface area (Å²) in [6.45, 7) is 6.53. The lowest BCUT2D eigenvalue weighted by molar-refractivity contribution is -0.167. The highest BCUT2D eigenvalue weighted by atomic mass is 16.6. The first-order chi connectivity index (χ1) is 34.0. The molecule has 0 aliphatic rings. The van der Waals surface area contributed by atoms with E-state index >= 15 is 0 Å². The normalized spacial score (nSPS) is 12.4. The lowest BCUT2D eigenvalue weighted by Gasteiger charge is -2.18. The average molecular weight is 966 g/mol. The Labute approximate surface area is 428 Å². The molecule has 0 aromatic carbocycles. The van der Waals surface area contributed by atoms with Gasteiger partial charge in [0.15, 0.2) is 6.10 Å². The summed E-state index contributed by atoms with van der Waals surface area (Å²) >= 11 is 0. The van der Waals surface area contributed by atoms with Crippen molar-refractivity contribution in [3.05, 3.63) is 60.8 Å². The fourth-order valence-electron chi connectivity index (χ4n) is 8.55. The molecule has 69 heavy (non-hydrogen) atoms. The largest absolute Gasteiger partial charge is 0.462 e. The Balaban J connectivity index is 4.30. The van der Waals surface area contributed by atoms with Crippen molar-refractivity contribution in [2.45, 2.75) is 309 Å². The number of ether oxygens (including phenoxy) is 3. The van der Waals surface area contributed by atoms with Gasteiger partial charge in [0.2, 0.25) is 0 Å². The predicted octanol–water partition coefficient (Wildman–Crippen LogP) is 20.0. The Morgan fingerprint density at radius 3 is 0.899 bits per heavy atom. The maximum Gasteiger partial charge on any atom is 0.306 e. The van der Waals surface area contributed by atoms with Gasteiger partial charge < -0.3 is 14.2 Å². The summed E-state index contributed by atoms with van der Waals surface area (Å²) in [6, 6.07) is 0. The molecule has 6 nitrogen and oxygen atoms in total. The third-order valence-electron chi connectivity index (χ3n) is 13.0. The number of hydrogen-bond acceptors (Lipinski definition) is 6. The molecule has 0 spiro atoms. The van der Waals surface area contributed by atoms with Crippen LogP contribution in [0.1, 0.15) is 303 Å². The molecule has 400 valence electrons. The SMILES string of the molecule is CC/C=C\C/C=C\C/C=C\C/C=C\CCCCCCC(=O)OC(COC(=O)CCCCCCCCCCCCC)COC(=O)CCCCCCCCCCCCC/C=C\CCCCCCCCCC. The molecule has 0 aliphatic carbocycles. The van der Waals surface area contributed by atoms with Crippen molar-refractivity contribution in [1.82, 2.24) is 0 Å². The smallest absolute Gasteiger partial charge is 0.306 e. The summed E-state index contributed by atoms with van der Waals surface area (Å²) in [5.74, 6) is -0.895. The van der Waals surface area contributed by atoms with Crippen LogP contribution < -0.4 is 0 Å². The number of hydrogen-bond donors (Lipinski definition) is 0. The van der Waals surface area contributed by atoms with Crippen LogP contribution in [0.5, 0.6) is 0 Å². The number of carbonyl (C=O) groups excluding carboxylic acids is 3. The summed E-state index contributed by atoms with van der Waals surface area (Å²) in [5.41, 5.74) is 0. The molecule has 1 atom stereocenters. The van der Waals surface area contributed by atoms with Gasteiger partial charge >= 0.3 is 17.9 Å². The van der Waals surface area contributed by atoms with Crippen molar-refractivity contribution in [1.29, 1.82) is 0 Å². The molecule has 0 bridgehead atoms. The first-order valence-electron chi connectivity index (χ1n) is 29.8. The first kappa shape index (κ1) is 66.1. The van der Waals surface area contributed by atoms with Crippen LogP contribution in [0.4, 0.5) is 0 Å². The molecule has 0 N–H and O–H groups in total. The zero-order chi connectivity index (χ0) is 50.0. The van der Waals surface area contributed by atoms with Gasteiger partial charge in [-0.3, -0.25) is 14.4 Å². The molecule has 0 saturated heterocycles. The molecule has 0 aliphatic heterocycles. The summed E-state index contributed by atoms with van der Waals surface area (Å²) in [4.78, 5) is 38.1.